The van der Waals surface area contributed by atoms with Crippen LogP contribution in [0.3, 0.4) is 0 Å². The van der Waals surface area contributed by atoms with E-state index in [2.05, 4.69) is 30.9 Å². The highest BCUT2D eigenvalue weighted by molar-refractivity contribution is 5.47. The first-order valence-electron chi connectivity index (χ1n) is 8.31. The molecule has 24 heavy (non-hydrogen) atoms. The van der Waals surface area contributed by atoms with Crippen LogP contribution < -0.4 is 0 Å². The standard InChI is InChI=1S/C18H20N6/c1-3-14(9-19-5-1)12-24-8-2-4-15(13-24)16-10-20-11-17(23-16)18-21-6-7-22-18/h1,3,5-7,9-11,15H,2,4,8,12-13H2,(H,21,22). The van der Waals surface area contributed by atoms with Gasteiger partial charge < -0.3 is 4.98 Å². The van der Waals surface area contributed by atoms with Crippen molar-refractivity contribution in [3.05, 3.63) is 60.6 Å². The van der Waals surface area contributed by atoms with E-state index in [-0.39, 0.29) is 0 Å². The number of piperidine rings is 1. The summed E-state index contributed by atoms with van der Waals surface area (Å²) >= 11 is 0. The molecule has 0 radical (unpaired) electrons. The zero-order chi connectivity index (χ0) is 16.2. The molecule has 1 atom stereocenters. The molecule has 1 N–H and O–H groups in total. The minimum absolute atomic E-state index is 0.415. The molecule has 122 valence electrons. The van der Waals surface area contributed by atoms with Crippen LogP contribution in [0.15, 0.2) is 49.3 Å². The third kappa shape index (κ3) is 3.33. The highest BCUT2D eigenvalue weighted by atomic mass is 15.1. The Morgan fingerprint density at radius 2 is 2.17 bits per heavy atom. The summed E-state index contributed by atoms with van der Waals surface area (Å²) in [5.41, 5.74) is 3.12. The lowest BCUT2D eigenvalue weighted by Crippen LogP contribution is -2.34. The number of nitrogens with one attached hydrogen (secondary N) is 1. The molecule has 4 heterocycles. The Labute approximate surface area is 141 Å². The second-order valence-corrected chi connectivity index (χ2v) is 6.20. The molecule has 0 aliphatic carbocycles. The van der Waals surface area contributed by atoms with Crippen LogP contribution >= 0.6 is 0 Å². The van der Waals surface area contributed by atoms with Crippen LogP contribution in [0.1, 0.15) is 30.0 Å². The first kappa shape index (κ1) is 15.0. The predicted octanol–water partition coefficient (Wildman–Crippen LogP) is 2.64. The van der Waals surface area contributed by atoms with Gasteiger partial charge in [0.2, 0.25) is 0 Å². The Morgan fingerprint density at radius 3 is 3.00 bits per heavy atom. The second kappa shape index (κ2) is 6.88. The number of aromatic nitrogens is 5. The number of pyridine rings is 1. The molecule has 1 aliphatic heterocycles. The molecule has 4 rings (SSSR count). The number of hydrogen-bond acceptors (Lipinski definition) is 5. The highest BCUT2D eigenvalue weighted by Crippen LogP contribution is 2.27. The third-order valence-electron chi connectivity index (χ3n) is 4.45. The van der Waals surface area contributed by atoms with Crippen LogP contribution in [-0.4, -0.2) is 42.9 Å². The largest absolute Gasteiger partial charge is 0.343 e. The van der Waals surface area contributed by atoms with Gasteiger partial charge in [0.15, 0.2) is 5.82 Å². The molecule has 1 saturated heterocycles. The highest BCUT2D eigenvalue weighted by Gasteiger charge is 2.23. The van der Waals surface area contributed by atoms with Crippen LogP contribution in [0.2, 0.25) is 0 Å². The maximum Gasteiger partial charge on any atom is 0.157 e. The van der Waals surface area contributed by atoms with E-state index < -0.39 is 0 Å². The number of imidazole rings is 1. The van der Waals surface area contributed by atoms with Crippen LogP contribution in [0.5, 0.6) is 0 Å². The molecule has 6 nitrogen and oxygen atoms in total. The predicted molar refractivity (Wildman–Crippen MR) is 91.1 cm³/mol. The van der Waals surface area contributed by atoms with Crippen molar-refractivity contribution in [1.82, 2.24) is 29.8 Å². The Balaban J connectivity index is 1.49. The molecule has 1 unspecified atom stereocenters. The molecule has 1 fully saturated rings. The van der Waals surface area contributed by atoms with Crippen molar-refractivity contribution in [3.63, 3.8) is 0 Å². The summed E-state index contributed by atoms with van der Waals surface area (Å²) in [4.78, 5) is 23.2. The van der Waals surface area contributed by atoms with Crippen molar-refractivity contribution < 1.29 is 0 Å². The number of hydrogen-bond donors (Lipinski definition) is 1. The Kier molecular flexibility index (Phi) is 4.29. The fraction of sp³-hybridized carbons (Fsp3) is 0.333. The molecule has 0 bridgehead atoms. The van der Waals surface area contributed by atoms with Gasteiger partial charge in [0.1, 0.15) is 5.69 Å². The van der Waals surface area contributed by atoms with Crippen molar-refractivity contribution in [1.29, 1.82) is 0 Å². The van der Waals surface area contributed by atoms with E-state index in [1.54, 1.807) is 18.6 Å². The topological polar surface area (TPSA) is 70.6 Å². The minimum atomic E-state index is 0.415. The molecule has 0 spiro atoms. The van der Waals surface area contributed by atoms with Gasteiger partial charge in [-0.2, -0.15) is 0 Å². The van der Waals surface area contributed by atoms with E-state index in [1.807, 2.05) is 24.7 Å². The van der Waals surface area contributed by atoms with Gasteiger partial charge in [-0.15, -0.1) is 0 Å². The number of H-pyrrole nitrogens is 1. The molecule has 3 aromatic rings. The normalized spacial score (nSPS) is 18.6. The van der Waals surface area contributed by atoms with Crippen molar-refractivity contribution >= 4 is 0 Å². The van der Waals surface area contributed by atoms with Gasteiger partial charge >= 0.3 is 0 Å². The Bertz CT molecular complexity index is 771. The van der Waals surface area contributed by atoms with Gasteiger partial charge in [0.05, 0.1) is 11.9 Å². The van der Waals surface area contributed by atoms with Crippen LogP contribution in [0.4, 0.5) is 0 Å². The van der Waals surface area contributed by atoms with E-state index in [4.69, 9.17) is 4.98 Å². The molecule has 0 aromatic carbocycles. The van der Waals surface area contributed by atoms with Crippen LogP contribution in [-0.2, 0) is 6.54 Å². The summed E-state index contributed by atoms with van der Waals surface area (Å²) in [6.07, 6.45) is 13.3. The summed E-state index contributed by atoms with van der Waals surface area (Å²) in [5.74, 6) is 1.19. The minimum Gasteiger partial charge on any atom is -0.343 e. The number of aromatic amines is 1. The molecular weight excluding hydrogens is 300 g/mol. The molecule has 1 aliphatic rings. The molecule has 6 heteroatoms. The third-order valence-corrected chi connectivity index (χ3v) is 4.45. The summed E-state index contributed by atoms with van der Waals surface area (Å²) in [6, 6.07) is 4.13. The van der Waals surface area contributed by atoms with Crippen molar-refractivity contribution in [2.45, 2.75) is 25.3 Å². The van der Waals surface area contributed by atoms with Gasteiger partial charge in [0.25, 0.3) is 0 Å². The van der Waals surface area contributed by atoms with Crippen molar-refractivity contribution in [2.75, 3.05) is 13.1 Å². The van der Waals surface area contributed by atoms with E-state index >= 15 is 0 Å². The van der Waals surface area contributed by atoms with Gasteiger partial charge in [-0.25, -0.2) is 9.97 Å². The smallest absolute Gasteiger partial charge is 0.157 e. The first-order chi connectivity index (χ1) is 11.9. The Hall–Kier alpha value is -2.60. The average molecular weight is 320 g/mol. The van der Waals surface area contributed by atoms with Crippen molar-refractivity contribution in [3.8, 4) is 11.5 Å². The number of nitrogens with zero attached hydrogens (tertiary/aromatic N) is 5. The first-order valence-corrected chi connectivity index (χ1v) is 8.31. The lowest BCUT2D eigenvalue weighted by Gasteiger charge is -2.32. The summed E-state index contributed by atoms with van der Waals surface area (Å²) in [5, 5.41) is 0. The summed E-state index contributed by atoms with van der Waals surface area (Å²) < 4.78 is 0. The van der Waals surface area contributed by atoms with Gasteiger partial charge in [-0.05, 0) is 31.0 Å². The summed E-state index contributed by atoms with van der Waals surface area (Å²) in [6.45, 7) is 3.07. The maximum atomic E-state index is 4.79. The second-order valence-electron chi connectivity index (χ2n) is 6.20. The lowest BCUT2D eigenvalue weighted by molar-refractivity contribution is 0.198. The van der Waals surface area contributed by atoms with E-state index in [0.29, 0.717) is 5.92 Å². The fourth-order valence-electron chi connectivity index (χ4n) is 3.29. The molecule has 3 aromatic heterocycles. The van der Waals surface area contributed by atoms with E-state index in [1.165, 1.54) is 12.0 Å². The Morgan fingerprint density at radius 1 is 1.17 bits per heavy atom. The molecular formula is C18H20N6. The zero-order valence-corrected chi connectivity index (χ0v) is 13.5. The SMILES string of the molecule is c1cncc(CN2CCCC(c3cncc(-c4ncc[nH]4)n3)C2)c1. The van der Waals surface area contributed by atoms with E-state index in [9.17, 15) is 0 Å². The van der Waals surface area contributed by atoms with Crippen LogP contribution in [0, 0.1) is 0 Å². The zero-order valence-electron chi connectivity index (χ0n) is 13.5. The number of rotatable bonds is 4. The van der Waals surface area contributed by atoms with Gasteiger partial charge in [-0.1, -0.05) is 6.07 Å². The molecule has 0 saturated carbocycles. The van der Waals surface area contributed by atoms with Crippen molar-refractivity contribution in [2.24, 2.45) is 0 Å². The van der Waals surface area contributed by atoms with Gasteiger partial charge in [0, 0.05) is 50.0 Å². The fourth-order valence-corrected chi connectivity index (χ4v) is 3.29. The maximum absolute atomic E-state index is 4.79. The average Bonchev–Trinajstić information content (AvgIpc) is 3.18. The quantitative estimate of drug-likeness (QED) is 0.800. The lowest BCUT2D eigenvalue weighted by atomic mass is 9.94. The van der Waals surface area contributed by atoms with E-state index in [0.717, 1.165) is 43.3 Å². The number of likely N-dealkylation sites (tertiary alicyclic amines) is 1. The van der Waals surface area contributed by atoms with Crippen LogP contribution in [0.25, 0.3) is 11.5 Å². The molecule has 0 amide bonds. The summed E-state index contributed by atoms with van der Waals surface area (Å²) in [7, 11) is 0. The van der Waals surface area contributed by atoms with Gasteiger partial charge in [-0.3, -0.25) is 14.9 Å². The monoisotopic (exact) mass is 320 g/mol.